The van der Waals surface area contributed by atoms with Crippen LogP contribution in [-0.2, 0) is 16.1 Å². The number of thiocarbonyl (C=S) groups is 1. The molecule has 0 saturated carbocycles. The van der Waals surface area contributed by atoms with Gasteiger partial charge in [0.15, 0.2) is 5.11 Å². The Bertz CT molecular complexity index is 724. The summed E-state index contributed by atoms with van der Waals surface area (Å²) >= 11 is 6.99. The van der Waals surface area contributed by atoms with Crippen molar-refractivity contribution in [2.45, 2.75) is 19.0 Å². The Morgan fingerprint density at radius 1 is 1.32 bits per heavy atom. The Labute approximate surface area is 155 Å². The number of hydrogen-bond donors (Lipinski definition) is 2. The summed E-state index contributed by atoms with van der Waals surface area (Å²) in [5.41, 5.74) is 1.39. The number of imide groups is 1. The van der Waals surface area contributed by atoms with Gasteiger partial charge in [0, 0.05) is 0 Å². The van der Waals surface area contributed by atoms with E-state index in [1.165, 1.54) is 4.90 Å². The summed E-state index contributed by atoms with van der Waals surface area (Å²) in [4.78, 5) is 38.7. The fourth-order valence-corrected chi connectivity index (χ4v) is 3.61. The van der Waals surface area contributed by atoms with Gasteiger partial charge in [0.05, 0.1) is 18.8 Å². The molecule has 1 atom stereocenters. The first-order chi connectivity index (χ1) is 12.0. The second-order valence-electron chi connectivity index (χ2n) is 5.77. The molecular weight excluding hydrogens is 360 g/mol. The van der Waals surface area contributed by atoms with Crippen molar-refractivity contribution < 1.29 is 14.4 Å². The molecule has 9 heteroatoms. The molecule has 0 aliphatic carbocycles. The molecule has 2 saturated heterocycles. The van der Waals surface area contributed by atoms with Gasteiger partial charge in [-0.15, -0.1) is 0 Å². The SMILES string of the molecule is CSCCC1NC(=S)N(c2cccc(CN3C(=O)CNC3=O)c2)C1=O. The monoisotopic (exact) mass is 378 g/mol. The van der Waals surface area contributed by atoms with Gasteiger partial charge in [-0.1, -0.05) is 12.1 Å². The van der Waals surface area contributed by atoms with Crippen LogP contribution in [0.25, 0.3) is 0 Å². The molecule has 4 amide bonds. The van der Waals surface area contributed by atoms with E-state index in [2.05, 4.69) is 10.6 Å². The minimum atomic E-state index is -0.401. The van der Waals surface area contributed by atoms with Gasteiger partial charge in [-0.2, -0.15) is 11.8 Å². The second kappa shape index (κ2) is 7.40. The van der Waals surface area contributed by atoms with Crippen LogP contribution in [0.4, 0.5) is 10.5 Å². The summed E-state index contributed by atoms with van der Waals surface area (Å²) in [6.45, 7) is 0.185. The van der Waals surface area contributed by atoms with Crippen molar-refractivity contribution >= 4 is 52.6 Å². The van der Waals surface area contributed by atoms with Crippen molar-refractivity contribution in [2.24, 2.45) is 0 Å². The minimum Gasteiger partial charge on any atom is -0.350 e. The number of urea groups is 1. The zero-order valence-electron chi connectivity index (χ0n) is 13.7. The highest BCUT2D eigenvalue weighted by atomic mass is 32.2. The zero-order valence-corrected chi connectivity index (χ0v) is 15.3. The number of carbonyl (C=O) groups excluding carboxylic acids is 3. The lowest BCUT2D eigenvalue weighted by Crippen LogP contribution is -2.32. The van der Waals surface area contributed by atoms with Gasteiger partial charge in [-0.05, 0) is 48.3 Å². The fourth-order valence-electron chi connectivity index (χ4n) is 2.80. The van der Waals surface area contributed by atoms with Gasteiger partial charge in [0.2, 0.25) is 5.91 Å². The van der Waals surface area contributed by atoms with Crippen LogP contribution in [0.2, 0.25) is 0 Å². The van der Waals surface area contributed by atoms with Crippen molar-refractivity contribution in [3.05, 3.63) is 29.8 Å². The van der Waals surface area contributed by atoms with Gasteiger partial charge >= 0.3 is 6.03 Å². The van der Waals surface area contributed by atoms with E-state index in [-0.39, 0.29) is 30.9 Å². The van der Waals surface area contributed by atoms with Crippen LogP contribution in [0.5, 0.6) is 0 Å². The van der Waals surface area contributed by atoms with E-state index in [0.29, 0.717) is 17.2 Å². The number of carbonyl (C=O) groups is 3. The number of thioether (sulfide) groups is 1. The molecule has 132 valence electrons. The molecule has 2 aliphatic rings. The first-order valence-electron chi connectivity index (χ1n) is 7.82. The number of nitrogens with zero attached hydrogens (tertiary/aromatic N) is 2. The maximum absolute atomic E-state index is 12.6. The second-order valence-corrected chi connectivity index (χ2v) is 7.14. The highest BCUT2D eigenvalue weighted by molar-refractivity contribution is 7.98. The Kier molecular flexibility index (Phi) is 5.24. The molecule has 0 bridgehead atoms. The van der Waals surface area contributed by atoms with Gasteiger partial charge in [0.25, 0.3) is 5.91 Å². The molecule has 7 nitrogen and oxygen atoms in total. The zero-order chi connectivity index (χ0) is 18.0. The number of hydrogen-bond acceptors (Lipinski definition) is 5. The molecule has 0 spiro atoms. The van der Waals surface area contributed by atoms with Crippen molar-refractivity contribution in [2.75, 3.05) is 23.5 Å². The molecule has 2 heterocycles. The maximum atomic E-state index is 12.6. The smallest absolute Gasteiger partial charge is 0.324 e. The molecule has 2 aliphatic heterocycles. The predicted molar refractivity (Wildman–Crippen MR) is 100 cm³/mol. The Hall–Kier alpha value is -2.13. The molecule has 1 aromatic carbocycles. The summed E-state index contributed by atoms with van der Waals surface area (Å²) < 4.78 is 0. The van der Waals surface area contributed by atoms with Crippen LogP contribution in [0, 0.1) is 0 Å². The fraction of sp³-hybridized carbons (Fsp3) is 0.375. The predicted octanol–water partition coefficient (Wildman–Crippen LogP) is 1.08. The molecule has 0 radical (unpaired) electrons. The van der Waals surface area contributed by atoms with Crippen LogP contribution in [0.15, 0.2) is 24.3 Å². The topological polar surface area (TPSA) is 81.8 Å². The number of amides is 4. The molecule has 0 aromatic heterocycles. The molecule has 25 heavy (non-hydrogen) atoms. The molecule has 1 aromatic rings. The normalized spacial score (nSPS) is 20.3. The highest BCUT2D eigenvalue weighted by Crippen LogP contribution is 2.23. The number of rotatable bonds is 6. The van der Waals surface area contributed by atoms with E-state index in [4.69, 9.17) is 12.2 Å². The van der Waals surface area contributed by atoms with Crippen LogP contribution in [-0.4, -0.2) is 52.5 Å². The lowest BCUT2D eigenvalue weighted by molar-refractivity contribution is -0.125. The van der Waals surface area contributed by atoms with E-state index < -0.39 is 6.03 Å². The lowest BCUT2D eigenvalue weighted by atomic mass is 10.1. The van der Waals surface area contributed by atoms with Gasteiger partial charge in [-0.25, -0.2) is 4.79 Å². The quantitative estimate of drug-likeness (QED) is 0.570. The maximum Gasteiger partial charge on any atom is 0.324 e. The summed E-state index contributed by atoms with van der Waals surface area (Å²) in [5.74, 6) is 0.527. The number of benzene rings is 1. The Morgan fingerprint density at radius 2 is 2.12 bits per heavy atom. The average molecular weight is 378 g/mol. The molecule has 1 unspecified atom stereocenters. The number of nitrogens with one attached hydrogen (secondary N) is 2. The molecule has 2 fully saturated rings. The third-order valence-corrected chi connectivity index (χ3v) is 5.02. The first-order valence-corrected chi connectivity index (χ1v) is 9.62. The van der Waals surface area contributed by atoms with E-state index >= 15 is 0 Å². The van der Waals surface area contributed by atoms with Crippen LogP contribution >= 0.6 is 24.0 Å². The van der Waals surface area contributed by atoms with Crippen molar-refractivity contribution in [1.82, 2.24) is 15.5 Å². The van der Waals surface area contributed by atoms with E-state index in [9.17, 15) is 14.4 Å². The summed E-state index contributed by atoms with van der Waals surface area (Å²) in [7, 11) is 0. The van der Waals surface area contributed by atoms with Crippen LogP contribution < -0.4 is 15.5 Å². The average Bonchev–Trinajstić information content (AvgIpc) is 3.06. The Morgan fingerprint density at radius 3 is 2.80 bits per heavy atom. The van der Waals surface area contributed by atoms with Gasteiger partial charge in [-0.3, -0.25) is 19.4 Å². The molecular formula is C16H18N4O3S2. The Balaban J connectivity index is 1.77. The number of anilines is 1. The lowest BCUT2D eigenvalue weighted by Gasteiger charge is -2.17. The highest BCUT2D eigenvalue weighted by Gasteiger charge is 2.36. The van der Waals surface area contributed by atoms with E-state index in [0.717, 1.165) is 16.2 Å². The van der Waals surface area contributed by atoms with Crippen LogP contribution in [0.1, 0.15) is 12.0 Å². The summed E-state index contributed by atoms with van der Waals surface area (Å²) in [5, 5.41) is 5.93. The van der Waals surface area contributed by atoms with Gasteiger partial charge in [0.1, 0.15) is 6.04 Å². The standard InChI is InChI=1S/C16H18N4O3S2/c1-25-6-5-12-14(22)20(16(24)18-12)11-4-2-3-10(7-11)9-19-13(21)8-17-15(19)23/h2-4,7,12H,5-6,8-9H2,1H3,(H,17,23)(H,18,24). The van der Waals surface area contributed by atoms with E-state index in [1.807, 2.05) is 12.3 Å². The molecule has 2 N–H and O–H groups in total. The molecule has 3 rings (SSSR count). The van der Waals surface area contributed by atoms with E-state index in [1.54, 1.807) is 30.0 Å². The third kappa shape index (κ3) is 3.62. The van der Waals surface area contributed by atoms with Gasteiger partial charge < -0.3 is 10.6 Å². The summed E-state index contributed by atoms with van der Waals surface area (Å²) in [6, 6.07) is 6.45. The van der Waals surface area contributed by atoms with Crippen LogP contribution in [0.3, 0.4) is 0 Å². The van der Waals surface area contributed by atoms with Crippen molar-refractivity contribution in [3.8, 4) is 0 Å². The van der Waals surface area contributed by atoms with Crippen molar-refractivity contribution in [1.29, 1.82) is 0 Å². The van der Waals surface area contributed by atoms with Crippen molar-refractivity contribution in [3.63, 3.8) is 0 Å². The third-order valence-electron chi connectivity index (χ3n) is 4.08. The first kappa shape index (κ1) is 17.7. The minimum absolute atomic E-state index is 0.0221. The largest absolute Gasteiger partial charge is 0.350 e. The summed E-state index contributed by atoms with van der Waals surface area (Å²) in [6.07, 6.45) is 2.70.